The molecule has 4 nitrogen and oxygen atoms in total. The lowest BCUT2D eigenvalue weighted by atomic mass is 9.98. The van der Waals surface area contributed by atoms with Crippen molar-refractivity contribution in [1.82, 2.24) is 4.90 Å². The fourth-order valence-electron chi connectivity index (χ4n) is 2.18. The summed E-state index contributed by atoms with van der Waals surface area (Å²) in [6, 6.07) is 6.16. The minimum atomic E-state index is -1.04. The topological polar surface area (TPSA) is 57.6 Å². The second-order valence-electron chi connectivity index (χ2n) is 5.31. The summed E-state index contributed by atoms with van der Waals surface area (Å²) in [7, 11) is 0. The Morgan fingerprint density at radius 3 is 2.43 bits per heavy atom. The molecule has 0 fully saturated rings. The van der Waals surface area contributed by atoms with Crippen molar-refractivity contribution >= 4 is 11.9 Å². The summed E-state index contributed by atoms with van der Waals surface area (Å²) in [6.45, 7) is 5.09. The molecular weight excluding hydrogens is 273 g/mol. The number of amides is 1. The predicted octanol–water partition coefficient (Wildman–Crippen LogP) is 2.72. The number of benzene rings is 1. The first kappa shape index (κ1) is 17.1. The van der Waals surface area contributed by atoms with Crippen LogP contribution in [0, 0.1) is 11.7 Å². The molecule has 0 saturated heterocycles. The van der Waals surface area contributed by atoms with E-state index in [1.807, 2.05) is 13.8 Å². The molecule has 1 rings (SSSR count). The van der Waals surface area contributed by atoms with Gasteiger partial charge in [0, 0.05) is 12.0 Å². The maximum absolute atomic E-state index is 13.6. The molecule has 0 heterocycles. The predicted molar refractivity (Wildman–Crippen MR) is 78.4 cm³/mol. The van der Waals surface area contributed by atoms with Crippen molar-refractivity contribution in [2.75, 3.05) is 6.54 Å². The third-order valence-corrected chi connectivity index (χ3v) is 3.62. The Labute approximate surface area is 124 Å². The van der Waals surface area contributed by atoms with Gasteiger partial charge in [-0.05, 0) is 31.4 Å². The lowest BCUT2D eigenvalue weighted by molar-refractivity contribution is -0.147. The van der Waals surface area contributed by atoms with Crippen LogP contribution in [0.5, 0.6) is 0 Å². The summed E-state index contributed by atoms with van der Waals surface area (Å²) in [6.07, 6.45) is 0.934. The third-order valence-electron chi connectivity index (χ3n) is 3.62. The molecule has 5 heteroatoms. The van der Waals surface area contributed by atoms with Crippen LogP contribution in [0.1, 0.15) is 32.8 Å². The van der Waals surface area contributed by atoms with E-state index in [2.05, 4.69) is 0 Å². The first-order valence-electron chi connectivity index (χ1n) is 7.12. The summed E-state index contributed by atoms with van der Waals surface area (Å²) in [5.74, 6) is -2.10. The monoisotopic (exact) mass is 295 g/mol. The average Bonchev–Trinajstić information content (AvgIpc) is 2.45. The zero-order valence-electron chi connectivity index (χ0n) is 12.7. The molecule has 0 saturated carbocycles. The van der Waals surface area contributed by atoms with Gasteiger partial charge in [0.1, 0.15) is 12.4 Å². The van der Waals surface area contributed by atoms with Crippen molar-refractivity contribution in [1.29, 1.82) is 0 Å². The molecule has 0 aromatic heterocycles. The molecule has 1 aromatic rings. The van der Waals surface area contributed by atoms with Gasteiger partial charge >= 0.3 is 5.97 Å². The first-order valence-corrected chi connectivity index (χ1v) is 7.12. The van der Waals surface area contributed by atoms with Crippen LogP contribution in [-0.2, 0) is 16.0 Å². The van der Waals surface area contributed by atoms with Crippen molar-refractivity contribution < 1.29 is 19.1 Å². The Morgan fingerprint density at radius 1 is 1.29 bits per heavy atom. The maximum Gasteiger partial charge on any atom is 0.323 e. The first-order chi connectivity index (χ1) is 9.86. The maximum atomic E-state index is 13.6. The van der Waals surface area contributed by atoms with Gasteiger partial charge in [-0.2, -0.15) is 0 Å². The molecular formula is C16H22FNO3. The summed E-state index contributed by atoms with van der Waals surface area (Å²) in [5, 5.41) is 8.94. The summed E-state index contributed by atoms with van der Waals surface area (Å²) >= 11 is 0. The molecule has 1 aromatic carbocycles. The van der Waals surface area contributed by atoms with Gasteiger partial charge in [0.05, 0.1) is 0 Å². The molecule has 0 aliphatic heterocycles. The summed E-state index contributed by atoms with van der Waals surface area (Å²) in [5.41, 5.74) is 0.470. The fourth-order valence-corrected chi connectivity index (χ4v) is 2.18. The van der Waals surface area contributed by atoms with Crippen molar-refractivity contribution in [2.24, 2.45) is 5.92 Å². The second-order valence-corrected chi connectivity index (χ2v) is 5.31. The molecule has 0 bridgehead atoms. The second kappa shape index (κ2) is 7.76. The van der Waals surface area contributed by atoms with E-state index in [4.69, 9.17) is 5.11 Å². The quantitative estimate of drug-likeness (QED) is 0.841. The van der Waals surface area contributed by atoms with Gasteiger partial charge in [-0.25, -0.2) is 4.39 Å². The van der Waals surface area contributed by atoms with Crippen LogP contribution in [0.3, 0.4) is 0 Å². The summed E-state index contributed by atoms with van der Waals surface area (Å²) < 4.78 is 13.6. The highest BCUT2D eigenvalue weighted by atomic mass is 19.1. The van der Waals surface area contributed by atoms with Crippen LogP contribution in [0.25, 0.3) is 0 Å². The zero-order chi connectivity index (χ0) is 16.0. The molecule has 0 spiro atoms. The molecule has 2 atom stereocenters. The van der Waals surface area contributed by atoms with E-state index in [-0.39, 0.29) is 30.7 Å². The van der Waals surface area contributed by atoms with Gasteiger partial charge in [-0.1, -0.05) is 32.0 Å². The average molecular weight is 295 g/mol. The van der Waals surface area contributed by atoms with Crippen LogP contribution in [0.15, 0.2) is 24.3 Å². The Bertz CT molecular complexity index is 504. The largest absolute Gasteiger partial charge is 0.480 e. The lowest BCUT2D eigenvalue weighted by Gasteiger charge is -2.29. The number of carboxylic acids is 1. The zero-order valence-corrected chi connectivity index (χ0v) is 12.7. The normalized spacial score (nSPS) is 13.5. The minimum absolute atomic E-state index is 0.156. The lowest BCUT2D eigenvalue weighted by Crippen LogP contribution is -2.44. The highest BCUT2D eigenvalue weighted by Gasteiger charge is 2.26. The molecule has 116 valence electrons. The van der Waals surface area contributed by atoms with Gasteiger partial charge in [-0.3, -0.25) is 9.59 Å². The number of carboxylic acid groups (broad SMARTS) is 1. The standard InChI is InChI=1S/C16H22FNO3/c1-4-12(3)18(10-15(19)20)16(21)11(2)9-13-7-5-6-8-14(13)17/h5-8,11-12H,4,9-10H2,1-3H3,(H,19,20). The number of rotatable bonds is 7. The van der Waals surface area contributed by atoms with Crippen molar-refractivity contribution in [2.45, 2.75) is 39.7 Å². The highest BCUT2D eigenvalue weighted by Crippen LogP contribution is 2.16. The van der Waals surface area contributed by atoms with Crippen LogP contribution in [0.2, 0.25) is 0 Å². The number of carbonyl (C=O) groups is 2. The number of hydrogen-bond acceptors (Lipinski definition) is 2. The molecule has 21 heavy (non-hydrogen) atoms. The third kappa shape index (κ3) is 4.85. The molecule has 1 N–H and O–H groups in total. The van der Waals surface area contributed by atoms with Gasteiger partial charge in [-0.15, -0.1) is 0 Å². The Balaban J connectivity index is 2.83. The van der Waals surface area contributed by atoms with E-state index >= 15 is 0 Å². The van der Waals surface area contributed by atoms with E-state index in [0.29, 0.717) is 12.0 Å². The molecule has 2 unspecified atom stereocenters. The number of aliphatic carboxylic acids is 1. The van der Waals surface area contributed by atoms with E-state index in [0.717, 1.165) is 0 Å². The van der Waals surface area contributed by atoms with Crippen molar-refractivity contribution in [3.63, 3.8) is 0 Å². The Kier molecular flexibility index (Phi) is 6.34. The molecule has 0 radical (unpaired) electrons. The van der Waals surface area contributed by atoms with Crippen LogP contribution < -0.4 is 0 Å². The molecule has 0 aliphatic carbocycles. The van der Waals surface area contributed by atoms with Crippen LogP contribution >= 0.6 is 0 Å². The van der Waals surface area contributed by atoms with Gasteiger partial charge < -0.3 is 10.0 Å². The summed E-state index contributed by atoms with van der Waals surface area (Å²) in [4.78, 5) is 24.7. The molecule has 1 amide bonds. The minimum Gasteiger partial charge on any atom is -0.480 e. The SMILES string of the molecule is CCC(C)N(CC(=O)O)C(=O)C(C)Cc1ccccc1F. The van der Waals surface area contributed by atoms with Crippen molar-refractivity contribution in [3.05, 3.63) is 35.6 Å². The van der Waals surface area contributed by atoms with E-state index in [1.165, 1.54) is 11.0 Å². The smallest absolute Gasteiger partial charge is 0.323 e. The van der Waals surface area contributed by atoms with E-state index in [1.54, 1.807) is 25.1 Å². The number of carbonyl (C=O) groups excluding carboxylic acids is 1. The Morgan fingerprint density at radius 2 is 1.90 bits per heavy atom. The number of nitrogens with zero attached hydrogens (tertiary/aromatic N) is 1. The molecule has 0 aliphatic rings. The van der Waals surface area contributed by atoms with E-state index in [9.17, 15) is 14.0 Å². The van der Waals surface area contributed by atoms with E-state index < -0.39 is 11.9 Å². The fraction of sp³-hybridized carbons (Fsp3) is 0.500. The van der Waals surface area contributed by atoms with Crippen LogP contribution in [0.4, 0.5) is 4.39 Å². The number of hydrogen-bond donors (Lipinski definition) is 1. The highest BCUT2D eigenvalue weighted by molar-refractivity contribution is 5.83. The van der Waals surface area contributed by atoms with Gasteiger partial charge in [0.15, 0.2) is 0 Å². The number of halogens is 1. The van der Waals surface area contributed by atoms with Gasteiger partial charge in [0.2, 0.25) is 5.91 Å². The van der Waals surface area contributed by atoms with Gasteiger partial charge in [0.25, 0.3) is 0 Å². The van der Waals surface area contributed by atoms with Crippen molar-refractivity contribution in [3.8, 4) is 0 Å². The Hall–Kier alpha value is -1.91. The van der Waals surface area contributed by atoms with Crippen LogP contribution in [-0.4, -0.2) is 34.5 Å².